The highest BCUT2D eigenvalue weighted by molar-refractivity contribution is 7.14. The summed E-state index contributed by atoms with van der Waals surface area (Å²) in [7, 11) is 2.48. The van der Waals surface area contributed by atoms with E-state index in [1.165, 1.54) is 0 Å². The van der Waals surface area contributed by atoms with E-state index in [4.69, 9.17) is 0 Å². The van der Waals surface area contributed by atoms with Gasteiger partial charge in [0.15, 0.2) is 0 Å². The molecule has 0 aromatic carbocycles. The van der Waals surface area contributed by atoms with Crippen molar-refractivity contribution in [3.8, 4) is 0 Å². The zero-order valence-corrected chi connectivity index (χ0v) is 9.71. The molecule has 0 aliphatic carbocycles. The summed E-state index contributed by atoms with van der Waals surface area (Å²) in [5.74, 6) is 0.198. The number of carbonyl (C=O) groups excluding carboxylic acids is 1. The lowest BCUT2D eigenvalue weighted by atomic mass is 9.92. The molecule has 3 heteroatoms. The topological polar surface area (TPSA) is 20.3 Å². The Morgan fingerprint density at radius 1 is 1.42 bits per heavy atom. The van der Waals surface area contributed by atoms with E-state index >= 15 is 0 Å². The fraction of sp³-hybridized carbons (Fsp3) is 0.889. The molecule has 0 aromatic heterocycles. The first-order valence-corrected chi connectivity index (χ1v) is 4.93. The van der Waals surface area contributed by atoms with Crippen LogP contribution >= 0.6 is 9.39 Å². The second kappa shape index (κ2) is 4.81. The number of nitrogens with zero attached hydrogens (tertiary/aromatic N) is 1. The molecule has 0 saturated heterocycles. The van der Waals surface area contributed by atoms with Crippen LogP contribution in [0.2, 0.25) is 0 Å². The van der Waals surface area contributed by atoms with Crippen molar-refractivity contribution in [2.45, 2.75) is 40.5 Å². The van der Waals surface area contributed by atoms with Gasteiger partial charge in [0, 0.05) is 13.0 Å². The Bertz CT molecular complexity index is 151. The van der Waals surface area contributed by atoms with Crippen LogP contribution < -0.4 is 0 Å². The van der Waals surface area contributed by atoms with Crippen LogP contribution in [-0.2, 0) is 4.79 Å². The first-order valence-electron chi connectivity index (χ1n) is 4.42. The van der Waals surface area contributed by atoms with Crippen molar-refractivity contribution in [2.24, 2.45) is 5.41 Å². The van der Waals surface area contributed by atoms with Gasteiger partial charge in [-0.15, -0.1) is 0 Å². The van der Waals surface area contributed by atoms with Crippen molar-refractivity contribution in [3.63, 3.8) is 0 Å². The minimum absolute atomic E-state index is 0.198. The summed E-state index contributed by atoms with van der Waals surface area (Å²) < 4.78 is 1.73. The maximum atomic E-state index is 11.1. The van der Waals surface area contributed by atoms with Gasteiger partial charge < -0.3 is 4.67 Å². The van der Waals surface area contributed by atoms with Crippen LogP contribution in [0.5, 0.6) is 0 Å². The summed E-state index contributed by atoms with van der Waals surface area (Å²) in [6.07, 6.45) is 1.63. The normalized spacial score (nSPS) is 11.4. The molecule has 0 N–H and O–H groups in total. The van der Waals surface area contributed by atoms with E-state index < -0.39 is 0 Å². The van der Waals surface area contributed by atoms with E-state index in [0.29, 0.717) is 11.8 Å². The number of amides is 1. The summed E-state index contributed by atoms with van der Waals surface area (Å²) in [5, 5.41) is 0. The van der Waals surface area contributed by atoms with Gasteiger partial charge in [-0.1, -0.05) is 27.7 Å². The Labute approximate surface area is 78.0 Å². The number of hydrogen-bond donors (Lipinski definition) is 0. The monoisotopic (exact) mass is 189 g/mol. The first kappa shape index (κ1) is 11.9. The highest BCUT2D eigenvalue weighted by Crippen LogP contribution is 2.20. The number of hydrogen-bond acceptors (Lipinski definition) is 1. The van der Waals surface area contributed by atoms with Crippen molar-refractivity contribution >= 4 is 15.3 Å². The summed E-state index contributed by atoms with van der Waals surface area (Å²) in [4.78, 5) is 11.1. The molecule has 12 heavy (non-hydrogen) atoms. The molecule has 0 saturated carbocycles. The SMILES string of the molecule is CCC(=O)N(P)CCC(C)(C)C. The quantitative estimate of drug-likeness (QED) is 0.624. The molecule has 0 aliphatic heterocycles. The van der Waals surface area contributed by atoms with Crippen LogP contribution in [-0.4, -0.2) is 17.1 Å². The summed E-state index contributed by atoms with van der Waals surface area (Å²) in [5.41, 5.74) is 0.308. The smallest absolute Gasteiger partial charge is 0.225 e. The predicted octanol–water partition coefficient (Wildman–Crippen LogP) is 2.45. The minimum atomic E-state index is 0.198. The predicted molar refractivity (Wildman–Crippen MR) is 55.8 cm³/mol. The number of rotatable bonds is 3. The zero-order chi connectivity index (χ0) is 9.78. The van der Waals surface area contributed by atoms with Gasteiger partial charge in [-0.25, -0.2) is 0 Å². The second-order valence-corrected chi connectivity index (χ2v) is 4.87. The van der Waals surface area contributed by atoms with E-state index in [2.05, 4.69) is 30.2 Å². The molecule has 0 heterocycles. The summed E-state index contributed by atoms with van der Waals surface area (Å²) in [6.45, 7) is 9.27. The van der Waals surface area contributed by atoms with Gasteiger partial charge in [0.1, 0.15) is 0 Å². The van der Waals surface area contributed by atoms with Crippen molar-refractivity contribution in [3.05, 3.63) is 0 Å². The third-order valence-electron chi connectivity index (χ3n) is 1.73. The third kappa shape index (κ3) is 5.54. The Morgan fingerprint density at radius 2 is 1.92 bits per heavy atom. The van der Waals surface area contributed by atoms with Gasteiger partial charge in [0.05, 0.1) is 0 Å². The van der Waals surface area contributed by atoms with Crippen molar-refractivity contribution < 1.29 is 4.79 Å². The standard InChI is InChI=1S/C9H20NOP/c1-5-8(11)10(12)7-6-9(2,3)4/h5-7,12H2,1-4H3. The Balaban J connectivity index is 3.72. The molecule has 0 aliphatic rings. The molecular formula is C9H20NOP. The maximum absolute atomic E-state index is 11.1. The Kier molecular flexibility index (Phi) is 4.77. The fourth-order valence-corrected chi connectivity index (χ4v) is 1.10. The second-order valence-electron chi connectivity index (χ2n) is 4.25. The molecule has 0 radical (unpaired) electrons. The van der Waals surface area contributed by atoms with Crippen molar-refractivity contribution in [2.75, 3.05) is 6.54 Å². The van der Waals surface area contributed by atoms with Gasteiger partial charge in [-0.05, 0) is 21.2 Å². The van der Waals surface area contributed by atoms with E-state index in [9.17, 15) is 4.79 Å². The number of carbonyl (C=O) groups is 1. The fourth-order valence-electron chi connectivity index (χ4n) is 0.784. The molecular weight excluding hydrogens is 169 g/mol. The van der Waals surface area contributed by atoms with Gasteiger partial charge >= 0.3 is 0 Å². The highest BCUT2D eigenvalue weighted by atomic mass is 31.0. The van der Waals surface area contributed by atoms with Crippen LogP contribution in [0, 0.1) is 5.41 Å². The van der Waals surface area contributed by atoms with Crippen LogP contribution in [0.4, 0.5) is 0 Å². The van der Waals surface area contributed by atoms with Gasteiger partial charge in [0.25, 0.3) is 0 Å². The molecule has 2 nitrogen and oxygen atoms in total. The van der Waals surface area contributed by atoms with Crippen LogP contribution in [0.1, 0.15) is 40.5 Å². The zero-order valence-electron chi connectivity index (χ0n) is 8.55. The van der Waals surface area contributed by atoms with Gasteiger partial charge in [0.2, 0.25) is 5.91 Å². The van der Waals surface area contributed by atoms with Crippen molar-refractivity contribution in [1.82, 2.24) is 4.67 Å². The lowest BCUT2D eigenvalue weighted by Gasteiger charge is -2.23. The first-order chi connectivity index (χ1) is 5.37. The average molecular weight is 189 g/mol. The van der Waals surface area contributed by atoms with E-state index in [1.54, 1.807) is 4.67 Å². The summed E-state index contributed by atoms with van der Waals surface area (Å²) >= 11 is 0. The molecule has 0 fully saturated rings. The summed E-state index contributed by atoms with van der Waals surface area (Å²) in [6, 6.07) is 0. The molecule has 0 bridgehead atoms. The molecule has 0 spiro atoms. The van der Waals surface area contributed by atoms with Gasteiger partial charge in [-0.2, -0.15) is 0 Å². The Hall–Kier alpha value is -0.100. The lowest BCUT2D eigenvalue weighted by Crippen LogP contribution is -2.24. The van der Waals surface area contributed by atoms with Crippen LogP contribution in [0.15, 0.2) is 0 Å². The Morgan fingerprint density at radius 3 is 2.25 bits per heavy atom. The minimum Gasteiger partial charge on any atom is -0.327 e. The lowest BCUT2D eigenvalue weighted by molar-refractivity contribution is -0.126. The molecule has 1 amide bonds. The largest absolute Gasteiger partial charge is 0.327 e. The van der Waals surface area contributed by atoms with Crippen molar-refractivity contribution in [1.29, 1.82) is 0 Å². The molecule has 1 unspecified atom stereocenters. The molecule has 1 atom stereocenters. The molecule has 0 rings (SSSR count). The van der Waals surface area contributed by atoms with Crippen LogP contribution in [0.3, 0.4) is 0 Å². The third-order valence-corrected chi connectivity index (χ3v) is 2.27. The van der Waals surface area contributed by atoms with E-state index in [0.717, 1.165) is 13.0 Å². The average Bonchev–Trinajstić information content (AvgIpc) is 1.97. The molecule has 72 valence electrons. The van der Waals surface area contributed by atoms with E-state index in [-0.39, 0.29) is 5.91 Å². The van der Waals surface area contributed by atoms with Crippen LogP contribution in [0.25, 0.3) is 0 Å². The maximum Gasteiger partial charge on any atom is 0.225 e. The highest BCUT2D eigenvalue weighted by Gasteiger charge is 2.13. The molecule has 0 aromatic rings. The van der Waals surface area contributed by atoms with E-state index in [1.807, 2.05) is 6.92 Å². The van der Waals surface area contributed by atoms with Gasteiger partial charge in [-0.3, -0.25) is 4.79 Å².